The molecule has 0 radical (unpaired) electrons. The SMILES string of the molecule is C=CC(=O)N1CCC[C@H](C(=O)Nc2ccc(NC(=O)c3csc(-c4ccn[nH]4)n3)nc2)C1. The first-order valence-corrected chi connectivity index (χ1v) is 10.9. The largest absolute Gasteiger partial charge is 0.338 e. The summed E-state index contributed by atoms with van der Waals surface area (Å²) in [6.07, 6.45) is 5.83. The molecule has 11 heteroatoms. The summed E-state index contributed by atoms with van der Waals surface area (Å²) in [5, 5.41) is 14.5. The second-order valence-corrected chi connectivity index (χ2v) is 8.07. The number of hydrogen-bond acceptors (Lipinski definition) is 7. The Hall–Kier alpha value is -3.86. The quantitative estimate of drug-likeness (QED) is 0.493. The molecule has 3 aromatic rings. The van der Waals surface area contributed by atoms with Crippen molar-refractivity contribution in [3.63, 3.8) is 0 Å². The molecule has 1 aliphatic heterocycles. The van der Waals surface area contributed by atoms with Crippen molar-refractivity contribution < 1.29 is 14.4 Å². The van der Waals surface area contributed by atoms with Gasteiger partial charge in [-0.2, -0.15) is 5.10 Å². The van der Waals surface area contributed by atoms with Crippen LogP contribution in [0.25, 0.3) is 10.7 Å². The Kier molecular flexibility index (Phi) is 6.36. The number of pyridine rings is 1. The predicted molar refractivity (Wildman–Crippen MR) is 120 cm³/mol. The molecule has 32 heavy (non-hydrogen) atoms. The number of carbonyl (C=O) groups excluding carboxylic acids is 3. The molecule has 0 saturated carbocycles. The number of aromatic nitrogens is 4. The van der Waals surface area contributed by atoms with E-state index in [4.69, 9.17) is 0 Å². The van der Waals surface area contributed by atoms with Gasteiger partial charge in [0.2, 0.25) is 11.8 Å². The maximum Gasteiger partial charge on any atom is 0.276 e. The molecule has 4 heterocycles. The summed E-state index contributed by atoms with van der Waals surface area (Å²) >= 11 is 1.33. The van der Waals surface area contributed by atoms with Crippen LogP contribution in [0, 0.1) is 5.92 Å². The normalized spacial score (nSPS) is 15.8. The smallest absolute Gasteiger partial charge is 0.276 e. The molecule has 0 bridgehead atoms. The molecule has 1 saturated heterocycles. The van der Waals surface area contributed by atoms with E-state index in [1.807, 2.05) is 0 Å². The van der Waals surface area contributed by atoms with Crippen LogP contribution in [-0.2, 0) is 9.59 Å². The molecular weight excluding hydrogens is 430 g/mol. The molecule has 0 unspecified atom stereocenters. The first-order valence-electron chi connectivity index (χ1n) is 9.98. The molecule has 164 valence electrons. The first-order chi connectivity index (χ1) is 15.5. The molecule has 0 aromatic carbocycles. The van der Waals surface area contributed by atoms with Crippen molar-refractivity contribution in [1.29, 1.82) is 0 Å². The highest BCUT2D eigenvalue weighted by Crippen LogP contribution is 2.22. The van der Waals surface area contributed by atoms with Gasteiger partial charge in [-0.05, 0) is 37.1 Å². The van der Waals surface area contributed by atoms with Crippen molar-refractivity contribution in [2.75, 3.05) is 23.7 Å². The third kappa shape index (κ3) is 4.89. The number of nitrogens with zero attached hydrogens (tertiary/aromatic N) is 4. The molecule has 1 fully saturated rings. The number of likely N-dealkylation sites (tertiary alicyclic amines) is 1. The minimum atomic E-state index is -0.384. The Bertz CT molecular complexity index is 1120. The van der Waals surface area contributed by atoms with Gasteiger partial charge in [0.1, 0.15) is 16.5 Å². The highest BCUT2D eigenvalue weighted by molar-refractivity contribution is 7.13. The van der Waals surface area contributed by atoms with Crippen LogP contribution in [0.3, 0.4) is 0 Å². The number of carbonyl (C=O) groups is 3. The van der Waals surface area contributed by atoms with Crippen LogP contribution in [0.5, 0.6) is 0 Å². The summed E-state index contributed by atoms with van der Waals surface area (Å²) in [5.41, 5.74) is 1.52. The molecule has 4 rings (SSSR count). The van der Waals surface area contributed by atoms with E-state index in [-0.39, 0.29) is 29.3 Å². The van der Waals surface area contributed by atoms with Gasteiger partial charge >= 0.3 is 0 Å². The standard InChI is InChI=1S/C21H21N7O3S/c1-2-18(29)28-9-3-4-13(11-28)19(30)24-14-5-6-17(22-10-14)26-20(31)16-12-32-21(25-16)15-7-8-23-27-15/h2,5-8,10,12-13H,1,3-4,9,11H2,(H,23,27)(H,24,30)(H,22,26,31)/t13-/m0/s1. The molecule has 0 aliphatic carbocycles. The zero-order valence-corrected chi connectivity index (χ0v) is 17.9. The maximum atomic E-state index is 12.6. The summed E-state index contributed by atoms with van der Waals surface area (Å²) in [6.45, 7) is 4.50. The summed E-state index contributed by atoms with van der Waals surface area (Å²) in [6, 6.07) is 5.04. The monoisotopic (exact) mass is 451 g/mol. The molecule has 1 aliphatic rings. The minimum Gasteiger partial charge on any atom is -0.338 e. The van der Waals surface area contributed by atoms with Gasteiger partial charge in [-0.15, -0.1) is 11.3 Å². The van der Waals surface area contributed by atoms with Crippen LogP contribution >= 0.6 is 11.3 Å². The van der Waals surface area contributed by atoms with E-state index in [2.05, 4.69) is 37.4 Å². The Balaban J connectivity index is 1.33. The average Bonchev–Trinajstić information content (AvgIpc) is 3.52. The fourth-order valence-electron chi connectivity index (χ4n) is 3.36. The lowest BCUT2D eigenvalue weighted by Gasteiger charge is -2.31. The van der Waals surface area contributed by atoms with Crippen molar-refractivity contribution in [1.82, 2.24) is 25.1 Å². The Labute approximate surface area is 187 Å². The maximum absolute atomic E-state index is 12.6. The average molecular weight is 452 g/mol. The van der Waals surface area contributed by atoms with E-state index in [9.17, 15) is 14.4 Å². The van der Waals surface area contributed by atoms with Crippen LogP contribution < -0.4 is 10.6 Å². The Morgan fingerprint density at radius 2 is 2.12 bits per heavy atom. The van der Waals surface area contributed by atoms with Crippen LogP contribution in [0.4, 0.5) is 11.5 Å². The van der Waals surface area contributed by atoms with E-state index in [0.717, 1.165) is 12.1 Å². The molecule has 10 nitrogen and oxygen atoms in total. The van der Waals surface area contributed by atoms with Gasteiger partial charge < -0.3 is 15.5 Å². The van der Waals surface area contributed by atoms with E-state index in [1.54, 1.807) is 34.7 Å². The van der Waals surface area contributed by atoms with Gasteiger partial charge in [0.15, 0.2) is 0 Å². The number of amides is 3. The molecule has 3 amide bonds. The van der Waals surface area contributed by atoms with E-state index >= 15 is 0 Å². The second-order valence-electron chi connectivity index (χ2n) is 7.21. The van der Waals surface area contributed by atoms with Gasteiger partial charge in [0, 0.05) is 24.7 Å². The second kappa shape index (κ2) is 9.52. The molecule has 0 spiro atoms. The lowest BCUT2D eigenvalue weighted by atomic mass is 9.97. The van der Waals surface area contributed by atoms with Crippen molar-refractivity contribution in [3.8, 4) is 10.7 Å². The third-order valence-corrected chi connectivity index (χ3v) is 5.89. The third-order valence-electron chi connectivity index (χ3n) is 5.02. The van der Waals surface area contributed by atoms with Gasteiger partial charge in [0.25, 0.3) is 5.91 Å². The predicted octanol–water partition coefficient (Wildman–Crippen LogP) is 2.54. The van der Waals surface area contributed by atoms with Crippen LogP contribution in [-0.4, -0.2) is 55.9 Å². The number of rotatable bonds is 6. The van der Waals surface area contributed by atoms with E-state index in [0.29, 0.717) is 36.0 Å². The van der Waals surface area contributed by atoms with Gasteiger partial charge in [-0.1, -0.05) is 6.58 Å². The lowest BCUT2D eigenvalue weighted by Crippen LogP contribution is -2.43. The highest BCUT2D eigenvalue weighted by Gasteiger charge is 2.27. The van der Waals surface area contributed by atoms with Crippen molar-refractivity contribution in [2.24, 2.45) is 5.92 Å². The lowest BCUT2D eigenvalue weighted by molar-refractivity contribution is -0.130. The van der Waals surface area contributed by atoms with Crippen LogP contribution in [0.1, 0.15) is 23.3 Å². The summed E-state index contributed by atoms with van der Waals surface area (Å²) in [7, 11) is 0. The van der Waals surface area contributed by atoms with Crippen molar-refractivity contribution >= 4 is 40.6 Å². The van der Waals surface area contributed by atoms with E-state index < -0.39 is 0 Å². The minimum absolute atomic E-state index is 0.166. The number of thiazole rings is 1. The summed E-state index contributed by atoms with van der Waals surface area (Å²) < 4.78 is 0. The number of H-pyrrole nitrogens is 1. The number of piperidine rings is 1. The van der Waals surface area contributed by atoms with Crippen molar-refractivity contribution in [2.45, 2.75) is 12.8 Å². The topological polar surface area (TPSA) is 133 Å². The Morgan fingerprint density at radius 3 is 2.84 bits per heavy atom. The first kappa shape index (κ1) is 21.4. The Morgan fingerprint density at radius 1 is 1.25 bits per heavy atom. The van der Waals surface area contributed by atoms with Crippen LogP contribution in [0.15, 0.2) is 48.6 Å². The van der Waals surface area contributed by atoms with Gasteiger partial charge in [-0.3, -0.25) is 19.5 Å². The molecule has 1 atom stereocenters. The fraction of sp³-hybridized carbons (Fsp3) is 0.238. The fourth-order valence-corrected chi connectivity index (χ4v) is 4.14. The number of aromatic amines is 1. The number of nitrogens with one attached hydrogen (secondary N) is 3. The highest BCUT2D eigenvalue weighted by atomic mass is 32.1. The van der Waals surface area contributed by atoms with Gasteiger partial charge in [0.05, 0.1) is 23.5 Å². The summed E-state index contributed by atoms with van der Waals surface area (Å²) in [5.74, 6) is -0.671. The molecule has 3 N–H and O–H groups in total. The van der Waals surface area contributed by atoms with Gasteiger partial charge in [-0.25, -0.2) is 9.97 Å². The van der Waals surface area contributed by atoms with Crippen molar-refractivity contribution in [3.05, 3.63) is 54.3 Å². The number of anilines is 2. The van der Waals surface area contributed by atoms with Crippen LogP contribution in [0.2, 0.25) is 0 Å². The zero-order chi connectivity index (χ0) is 22.5. The number of hydrogen-bond donors (Lipinski definition) is 3. The zero-order valence-electron chi connectivity index (χ0n) is 17.1. The van der Waals surface area contributed by atoms with E-state index in [1.165, 1.54) is 23.6 Å². The molecule has 3 aromatic heterocycles. The molecular formula is C21H21N7O3S. The summed E-state index contributed by atoms with van der Waals surface area (Å²) in [4.78, 5) is 46.9.